The first-order chi connectivity index (χ1) is 10.4. The summed E-state index contributed by atoms with van der Waals surface area (Å²) in [5.41, 5.74) is 0.949. The van der Waals surface area contributed by atoms with Crippen molar-refractivity contribution in [3.05, 3.63) is 33.9 Å². The fourth-order valence-electron chi connectivity index (χ4n) is 2.76. The predicted molar refractivity (Wildman–Crippen MR) is 82.9 cm³/mol. The van der Waals surface area contributed by atoms with Gasteiger partial charge < -0.3 is 10.1 Å². The van der Waals surface area contributed by atoms with Crippen LogP contribution in [0.4, 0.5) is 11.4 Å². The van der Waals surface area contributed by atoms with Crippen molar-refractivity contribution in [3.63, 3.8) is 0 Å². The molecule has 1 aliphatic heterocycles. The van der Waals surface area contributed by atoms with E-state index in [-0.39, 0.29) is 30.3 Å². The summed E-state index contributed by atoms with van der Waals surface area (Å²) in [4.78, 5) is 24.7. The largest absolute Gasteiger partial charge is 0.373 e. The van der Waals surface area contributed by atoms with Gasteiger partial charge in [0.25, 0.3) is 5.69 Å². The van der Waals surface area contributed by atoms with Crippen LogP contribution >= 0.6 is 0 Å². The fraction of sp³-hybridized carbons (Fsp3) is 0.533. The molecule has 1 heterocycles. The molecule has 0 spiro atoms. The molecule has 2 unspecified atom stereocenters. The molecule has 7 heteroatoms. The van der Waals surface area contributed by atoms with Crippen molar-refractivity contribution in [2.45, 2.75) is 33.0 Å². The number of carbonyl (C=O) groups excluding carboxylic acids is 1. The van der Waals surface area contributed by atoms with E-state index in [0.29, 0.717) is 24.3 Å². The second-order valence-electron chi connectivity index (χ2n) is 5.71. The zero-order valence-corrected chi connectivity index (χ0v) is 13.0. The maximum absolute atomic E-state index is 12.2. The molecular formula is C15H21N3O4. The van der Waals surface area contributed by atoms with Gasteiger partial charge in [-0.05, 0) is 26.8 Å². The van der Waals surface area contributed by atoms with Gasteiger partial charge in [0.05, 0.1) is 34.9 Å². The SMILES string of the molecule is Cc1c(NC(=O)CN2CC(C)OC(C)C2)cccc1[N+](=O)[O-]. The van der Waals surface area contributed by atoms with Crippen LogP contribution in [0.2, 0.25) is 0 Å². The van der Waals surface area contributed by atoms with Crippen LogP contribution < -0.4 is 5.32 Å². The highest BCUT2D eigenvalue weighted by molar-refractivity contribution is 5.93. The van der Waals surface area contributed by atoms with Crippen LogP contribution in [-0.4, -0.2) is 47.6 Å². The summed E-state index contributed by atoms with van der Waals surface area (Å²) in [7, 11) is 0. The van der Waals surface area contributed by atoms with Gasteiger partial charge in [0.15, 0.2) is 0 Å². The van der Waals surface area contributed by atoms with Crippen LogP contribution in [0, 0.1) is 17.0 Å². The number of amides is 1. The van der Waals surface area contributed by atoms with E-state index in [1.807, 2.05) is 18.7 Å². The summed E-state index contributed by atoms with van der Waals surface area (Å²) in [5, 5.41) is 13.7. The monoisotopic (exact) mass is 307 g/mol. The third-order valence-corrected chi connectivity index (χ3v) is 3.64. The van der Waals surface area contributed by atoms with E-state index in [4.69, 9.17) is 4.74 Å². The summed E-state index contributed by atoms with van der Waals surface area (Å²) in [5.74, 6) is -0.176. The van der Waals surface area contributed by atoms with Gasteiger partial charge in [-0.3, -0.25) is 19.8 Å². The molecule has 2 rings (SSSR count). The number of benzene rings is 1. The Balaban J connectivity index is 2.00. The topological polar surface area (TPSA) is 84.7 Å². The first-order valence-electron chi connectivity index (χ1n) is 7.28. The van der Waals surface area contributed by atoms with E-state index < -0.39 is 4.92 Å². The summed E-state index contributed by atoms with van der Waals surface area (Å²) in [6, 6.07) is 4.67. The Morgan fingerprint density at radius 3 is 2.64 bits per heavy atom. The molecule has 0 aliphatic carbocycles. The van der Waals surface area contributed by atoms with Crippen LogP contribution in [0.5, 0.6) is 0 Å². The number of rotatable bonds is 4. The zero-order chi connectivity index (χ0) is 16.3. The standard InChI is InChI=1S/C15H21N3O4/c1-10-7-17(8-11(2)22-10)9-15(19)16-13-5-4-6-14(12(13)3)18(20)21/h4-6,10-11H,7-9H2,1-3H3,(H,16,19). The lowest BCUT2D eigenvalue weighted by Gasteiger charge is -2.34. The van der Waals surface area contributed by atoms with E-state index in [0.717, 1.165) is 0 Å². The molecule has 1 aliphatic rings. The molecule has 1 aromatic rings. The molecule has 7 nitrogen and oxygen atoms in total. The Morgan fingerprint density at radius 2 is 2.05 bits per heavy atom. The first kappa shape index (κ1) is 16.4. The number of carbonyl (C=O) groups is 1. The molecule has 1 amide bonds. The van der Waals surface area contributed by atoms with Gasteiger partial charge >= 0.3 is 0 Å². The van der Waals surface area contributed by atoms with Crippen molar-refractivity contribution >= 4 is 17.3 Å². The average Bonchev–Trinajstić information content (AvgIpc) is 2.39. The normalized spacial score (nSPS) is 22.3. The van der Waals surface area contributed by atoms with Crippen LogP contribution in [0.15, 0.2) is 18.2 Å². The van der Waals surface area contributed by atoms with Crippen molar-refractivity contribution in [2.75, 3.05) is 25.0 Å². The third-order valence-electron chi connectivity index (χ3n) is 3.64. The van der Waals surface area contributed by atoms with Gasteiger partial charge in [0, 0.05) is 19.2 Å². The number of hydrogen-bond donors (Lipinski definition) is 1. The van der Waals surface area contributed by atoms with E-state index in [2.05, 4.69) is 5.32 Å². The molecule has 1 N–H and O–H groups in total. The summed E-state index contributed by atoms with van der Waals surface area (Å²) in [6.07, 6.45) is 0.187. The number of nitro benzene ring substituents is 1. The molecule has 1 fully saturated rings. The zero-order valence-electron chi connectivity index (χ0n) is 13.0. The molecule has 0 radical (unpaired) electrons. The van der Waals surface area contributed by atoms with E-state index in [1.165, 1.54) is 6.07 Å². The van der Waals surface area contributed by atoms with Crippen molar-refractivity contribution < 1.29 is 14.5 Å². The lowest BCUT2D eigenvalue weighted by molar-refractivity contribution is -0.385. The van der Waals surface area contributed by atoms with Crippen molar-refractivity contribution in [1.29, 1.82) is 0 Å². The van der Waals surface area contributed by atoms with Crippen LogP contribution in [0.25, 0.3) is 0 Å². The Bertz CT molecular complexity index is 566. The highest BCUT2D eigenvalue weighted by Gasteiger charge is 2.24. The van der Waals surface area contributed by atoms with Gasteiger partial charge in [-0.2, -0.15) is 0 Å². The Labute approximate surface area is 129 Å². The number of nitro groups is 1. The molecular weight excluding hydrogens is 286 g/mol. The van der Waals surface area contributed by atoms with E-state index in [9.17, 15) is 14.9 Å². The van der Waals surface area contributed by atoms with Gasteiger partial charge in [0.1, 0.15) is 0 Å². The Morgan fingerprint density at radius 1 is 1.41 bits per heavy atom. The Kier molecular flexibility index (Phi) is 5.10. The van der Waals surface area contributed by atoms with Gasteiger partial charge in [-0.15, -0.1) is 0 Å². The second-order valence-corrected chi connectivity index (χ2v) is 5.71. The van der Waals surface area contributed by atoms with Crippen LogP contribution in [-0.2, 0) is 9.53 Å². The van der Waals surface area contributed by atoms with Gasteiger partial charge in [-0.25, -0.2) is 0 Å². The molecule has 120 valence electrons. The number of ether oxygens (including phenoxy) is 1. The third kappa shape index (κ3) is 4.02. The van der Waals surface area contributed by atoms with Crippen molar-refractivity contribution in [2.24, 2.45) is 0 Å². The van der Waals surface area contributed by atoms with Gasteiger partial charge in [0.2, 0.25) is 5.91 Å². The van der Waals surface area contributed by atoms with Crippen molar-refractivity contribution in [3.8, 4) is 0 Å². The summed E-state index contributed by atoms with van der Waals surface area (Å²) < 4.78 is 5.63. The lowest BCUT2D eigenvalue weighted by atomic mass is 10.1. The average molecular weight is 307 g/mol. The van der Waals surface area contributed by atoms with Crippen LogP contribution in [0.3, 0.4) is 0 Å². The number of anilines is 1. The molecule has 22 heavy (non-hydrogen) atoms. The molecule has 0 saturated carbocycles. The quantitative estimate of drug-likeness (QED) is 0.679. The first-order valence-corrected chi connectivity index (χ1v) is 7.28. The number of nitrogens with one attached hydrogen (secondary N) is 1. The second kappa shape index (κ2) is 6.85. The highest BCUT2D eigenvalue weighted by Crippen LogP contribution is 2.25. The lowest BCUT2D eigenvalue weighted by Crippen LogP contribution is -2.48. The minimum absolute atomic E-state index is 0.00594. The Hall–Kier alpha value is -1.99. The molecule has 1 saturated heterocycles. The smallest absolute Gasteiger partial charge is 0.274 e. The van der Waals surface area contributed by atoms with E-state index >= 15 is 0 Å². The summed E-state index contributed by atoms with van der Waals surface area (Å²) in [6.45, 7) is 7.24. The molecule has 1 aromatic carbocycles. The number of hydrogen-bond acceptors (Lipinski definition) is 5. The van der Waals surface area contributed by atoms with Crippen LogP contribution in [0.1, 0.15) is 19.4 Å². The highest BCUT2D eigenvalue weighted by atomic mass is 16.6. The minimum atomic E-state index is -0.448. The summed E-state index contributed by atoms with van der Waals surface area (Å²) >= 11 is 0. The van der Waals surface area contributed by atoms with Gasteiger partial charge in [-0.1, -0.05) is 6.07 Å². The fourth-order valence-corrected chi connectivity index (χ4v) is 2.76. The molecule has 2 atom stereocenters. The number of nitrogens with zero attached hydrogens (tertiary/aromatic N) is 2. The minimum Gasteiger partial charge on any atom is -0.373 e. The predicted octanol–water partition coefficient (Wildman–Crippen LogP) is 1.95. The molecule has 0 bridgehead atoms. The van der Waals surface area contributed by atoms with E-state index in [1.54, 1.807) is 19.1 Å². The maximum Gasteiger partial charge on any atom is 0.274 e. The maximum atomic E-state index is 12.2. The molecule has 0 aromatic heterocycles. The number of morpholine rings is 1. The van der Waals surface area contributed by atoms with Crippen molar-refractivity contribution in [1.82, 2.24) is 4.90 Å².